The minimum atomic E-state index is -0.780. The van der Waals surface area contributed by atoms with Crippen LogP contribution < -0.4 is 50.4 Å². The first-order valence-electron chi connectivity index (χ1n) is 24.6. The zero-order chi connectivity index (χ0) is 53.4. The molecule has 12 rings (SSSR count). The minimum absolute atomic E-state index is 0. The number of aromatic amines is 1. The summed E-state index contributed by atoms with van der Waals surface area (Å²) in [6.45, 7) is 3.14. The number of methoxy groups -OCH3 is 4. The number of aliphatic carboxylic acids is 1. The van der Waals surface area contributed by atoms with E-state index in [1.54, 1.807) is 45.7 Å². The Kier molecular flexibility index (Phi) is 17.1. The molecule has 0 bridgehead atoms. The number of nitrogens with zero attached hydrogens (tertiary/aromatic N) is 10. The molecule has 5 aromatic heterocycles. The zero-order valence-electron chi connectivity index (χ0n) is 42.9. The van der Waals surface area contributed by atoms with Gasteiger partial charge < -0.3 is 55.5 Å². The highest BCUT2D eigenvalue weighted by atomic mass is 35.5. The van der Waals surface area contributed by atoms with Crippen LogP contribution in [0.5, 0.6) is 23.0 Å². The number of hydrogen-bond donors (Lipinski definition) is 6. The van der Waals surface area contributed by atoms with E-state index in [2.05, 4.69) is 56.0 Å². The molecule has 1 amide bonds. The Hall–Kier alpha value is -8.61. The van der Waals surface area contributed by atoms with Gasteiger partial charge in [0.25, 0.3) is 0 Å². The van der Waals surface area contributed by atoms with E-state index in [1.807, 2.05) is 83.9 Å². The fraction of sp³-hybridized carbons (Fsp3) is 0.283. The Bertz CT molecular complexity index is 3610. The molecule has 78 heavy (non-hydrogen) atoms. The molecule has 4 aromatic carbocycles. The smallest absolute Gasteiger partial charge is 0.308 e. The molecular weight excluding hydrogens is 1060 g/mol. The van der Waals surface area contributed by atoms with Crippen LogP contribution >= 0.6 is 35.1 Å². The summed E-state index contributed by atoms with van der Waals surface area (Å²) in [5.41, 5.74) is 16.8. The van der Waals surface area contributed by atoms with Gasteiger partial charge >= 0.3 is 5.97 Å². The third kappa shape index (κ3) is 12.3. The van der Waals surface area contributed by atoms with E-state index in [4.69, 9.17) is 34.6 Å². The normalized spacial score (nSPS) is 15.5. The van der Waals surface area contributed by atoms with Crippen molar-refractivity contribution >= 4 is 131 Å². The van der Waals surface area contributed by atoms with E-state index in [9.17, 15) is 14.7 Å². The monoisotopic (exact) mass is 1110 g/mol. The number of carboxylic acids is 1. The predicted octanol–water partition coefficient (Wildman–Crippen LogP) is 9.35. The standard InChI is InChI=1S/C27H27N7O3S.C19H21N5O4S.C7H7N3.ClH/c1-36-21-8-7-20(11-22(21)37-2)30-24-23-26(38-15-29-23)33-27(32-24)34-9-3-4-17(14-34)25(35)31-19-6-5-16-12-28-13-18(16)10-19;1-27-13-6-5-12(8-14(13)28-2)21-16-15-17(29-10-20-15)23-19(22-16)24-7-3-4-11(9-24)18(25)26;8-6-1-2-7-5(3-6)4-9-10-7;/h5-8,10-11,13,15,17H,3-4,9,12,14H2,1-2H3,(H,31,35)(H,30,32,33);5-6,8,10-11H,3-4,7,9H2,1-2H3,(H,25,26)(H,21,22,23);1-4H,8H2,(H,9,10);1H. The molecule has 0 radical (unpaired) electrons. The Morgan fingerprint density at radius 3 is 1.83 bits per heavy atom. The van der Waals surface area contributed by atoms with E-state index in [1.165, 1.54) is 28.2 Å². The molecule has 8 heterocycles. The molecule has 2 unspecified atom stereocenters. The van der Waals surface area contributed by atoms with Gasteiger partial charge in [-0.15, -0.1) is 35.1 Å². The molecule has 3 aliphatic heterocycles. The maximum absolute atomic E-state index is 13.2. The van der Waals surface area contributed by atoms with E-state index in [-0.39, 0.29) is 24.2 Å². The maximum atomic E-state index is 13.2. The van der Waals surface area contributed by atoms with Crippen molar-refractivity contribution in [2.24, 2.45) is 16.8 Å². The Morgan fingerprint density at radius 1 is 0.692 bits per heavy atom. The molecule has 404 valence electrons. The van der Waals surface area contributed by atoms with Crippen LogP contribution in [0, 0.1) is 11.8 Å². The summed E-state index contributed by atoms with van der Waals surface area (Å²) in [6.07, 6.45) is 6.76. The fourth-order valence-electron chi connectivity index (χ4n) is 9.18. The van der Waals surface area contributed by atoms with Crippen LogP contribution in [0.15, 0.2) is 95.0 Å². The number of amides is 1. The lowest BCUT2D eigenvalue weighted by Crippen LogP contribution is -2.41. The number of carboxylic acid groups (broad SMARTS) is 1. The molecule has 25 heteroatoms. The van der Waals surface area contributed by atoms with Crippen molar-refractivity contribution in [1.29, 1.82) is 0 Å². The van der Waals surface area contributed by atoms with E-state index in [0.29, 0.717) is 83.6 Å². The number of nitrogens with one attached hydrogen (secondary N) is 4. The van der Waals surface area contributed by atoms with Gasteiger partial charge in [-0.1, -0.05) is 6.07 Å². The van der Waals surface area contributed by atoms with Crippen LogP contribution in [0.2, 0.25) is 0 Å². The first kappa shape index (κ1) is 54.2. The van der Waals surface area contributed by atoms with E-state index >= 15 is 0 Å². The zero-order valence-corrected chi connectivity index (χ0v) is 45.4. The summed E-state index contributed by atoms with van der Waals surface area (Å²) in [5.74, 6) is 3.39. The summed E-state index contributed by atoms with van der Waals surface area (Å²) >= 11 is 2.88. The third-order valence-electron chi connectivity index (χ3n) is 13.2. The van der Waals surface area contributed by atoms with Crippen molar-refractivity contribution in [3.05, 3.63) is 101 Å². The second-order valence-corrected chi connectivity index (χ2v) is 19.8. The van der Waals surface area contributed by atoms with Gasteiger partial charge in [-0.2, -0.15) is 25.0 Å². The molecule has 7 N–H and O–H groups in total. The number of piperidine rings is 2. The highest BCUT2D eigenvalue weighted by Gasteiger charge is 2.30. The number of rotatable bonds is 13. The topological polar surface area (TPSA) is 278 Å². The molecule has 0 aliphatic carbocycles. The van der Waals surface area contributed by atoms with Crippen LogP contribution in [-0.2, 0) is 16.1 Å². The van der Waals surface area contributed by atoms with Gasteiger partial charge in [0.1, 0.15) is 11.0 Å². The summed E-state index contributed by atoms with van der Waals surface area (Å²) in [7, 11) is 6.37. The molecule has 2 saturated heterocycles. The lowest BCUT2D eigenvalue weighted by Gasteiger charge is -2.32. The van der Waals surface area contributed by atoms with Gasteiger partial charge in [0, 0.05) is 72.7 Å². The lowest BCUT2D eigenvalue weighted by molar-refractivity contribution is -0.142. The number of hydrogen-bond acceptors (Lipinski definition) is 21. The van der Waals surface area contributed by atoms with Gasteiger partial charge in [0.05, 0.1) is 69.6 Å². The fourth-order valence-corrected chi connectivity index (χ4v) is 10.5. The highest BCUT2D eigenvalue weighted by Crippen LogP contribution is 2.36. The second kappa shape index (κ2) is 24.6. The van der Waals surface area contributed by atoms with Crippen molar-refractivity contribution in [1.82, 2.24) is 40.1 Å². The summed E-state index contributed by atoms with van der Waals surface area (Å²) in [5, 5.41) is 26.9. The van der Waals surface area contributed by atoms with Gasteiger partial charge in [-0.25, -0.2) is 9.97 Å². The van der Waals surface area contributed by atoms with Crippen LogP contribution in [0.4, 0.5) is 46.3 Å². The number of carbonyl (C=O) groups excluding carboxylic acids is 1. The van der Waals surface area contributed by atoms with Crippen LogP contribution in [-0.4, -0.2) is 118 Å². The average molecular weight is 1110 g/mol. The number of carbonyl (C=O) groups is 2. The largest absolute Gasteiger partial charge is 0.493 e. The Balaban J connectivity index is 0.000000163. The van der Waals surface area contributed by atoms with Gasteiger partial charge in [-0.3, -0.25) is 19.7 Å². The van der Waals surface area contributed by atoms with Crippen molar-refractivity contribution < 1.29 is 33.6 Å². The number of fused-ring (bicyclic) bond motifs is 4. The average Bonchev–Trinajstić information content (AvgIpc) is 4.33. The second-order valence-electron chi connectivity index (χ2n) is 18.1. The quantitative estimate of drug-likeness (QED) is 0.0586. The number of benzene rings is 4. The number of nitrogens with two attached hydrogens (primary N) is 1. The number of anilines is 8. The number of halogens is 1. The first-order valence-corrected chi connectivity index (χ1v) is 26.4. The van der Waals surface area contributed by atoms with Gasteiger partial charge in [0.2, 0.25) is 17.8 Å². The Labute approximate surface area is 461 Å². The highest BCUT2D eigenvalue weighted by molar-refractivity contribution is 7.16. The Morgan fingerprint density at radius 2 is 1.26 bits per heavy atom. The number of aliphatic imine (C=N–C) groups is 1. The molecular formula is C53H56ClN15O7S2. The molecule has 9 aromatic rings. The number of H-pyrrole nitrogens is 1. The van der Waals surface area contributed by atoms with Crippen LogP contribution in [0.1, 0.15) is 36.8 Å². The predicted molar refractivity (Wildman–Crippen MR) is 308 cm³/mol. The van der Waals surface area contributed by atoms with Gasteiger partial charge in [-0.05, 0) is 91.4 Å². The number of thiazole rings is 2. The molecule has 2 atom stereocenters. The van der Waals surface area contributed by atoms with Crippen LogP contribution in [0.3, 0.4) is 0 Å². The van der Waals surface area contributed by atoms with Crippen LogP contribution in [0.25, 0.3) is 31.6 Å². The van der Waals surface area contributed by atoms with Crippen molar-refractivity contribution in [3.63, 3.8) is 0 Å². The SMILES string of the molecule is COc1ccc(Nc2nc(N3CCCC(C(=O)Nc4ccc5c(c4)C=NC5)C3)nc3scnc23)cc1OC.COc1ccc(Nc2nc(N3CCCC(C(=O)O)C3)nc3scnc23)cc1OC.Cl.Nc1ccc2[nH]ncc2c1. The van der Waals surface area contributed by atoms with E-state index in [0.717, 1.165) is 81.2 Å². The first-order chi connectivity index (χ1) is 37.6. The summed E-state index contributed by atoms with van der Waals surface area (Å²) < 4.78 is 21.4. The van der Waals surface area contributed by atoms with Crippen molar-refractivity contribution in [3.8, 4) is 23.0 Å². The molecule has 0 saturated carbocycles. The summed E-state index contributed by atoms with van der Waals surface area (Å²) in [4.78, 5) is 62.2. The van der Waals surface area contributed by atoms with Crippen molar-refractivity contribution in [2.45, 2.75) is 32.2 Å². The number of ether oxygens (including phenoxy) is 4. The maximum Gasteiger partial charge on any atom is 0.308 e. The van der Waals surface area contributed by atoms with Crippen molar-refractivity contribution in [2.75, 3.05) is 86.1 Å². The lowest BCUT2D eigenvalue weighted by atomic mass is 9.97. The molecule has 0 spiro atoms. The molecule has 2 fully saturated rings. The van der Waals surface area contributed by atoms with Gasteiger partial charge in [0.15, 0.2) is 44.3 Å². The molecule has 22 nitrogen and oxygen atoms in total. The summed E-state index contributed by atoms with van der Waals surface area (Å²) in [6, 6.07) is 22.7. The van der Waals surface area contributed by atoms with E-state index < -0.39 is 11.9 Å². The number of aromatic nitrogens is 8. The third-order valence-corrected chi connectivity index (χ3v) is 14.6. The minimum Gasteiger partial charge on any atom is -0.493 e. The molecule has 3 aliphatic rings. The number of nitrogen functional groups attached to an aromatic ring is 1.